The molecule has 2 N–H and O–H groups in total. The molecule has 1 rings (SSSR count). The number of benzene rings is 1. The van der Waals surface area contributed by atoms with Crippen LogP contribution in [0.1, 0.15) is 72.1 Å². The molecule has 7 nitrogen and oxygen atoms in total. The van der Waals surface area contributed by atoms with E-state index in [-0.39, 0.29) is 25.0 Å². The van der Waals surface area contributed by atoms with Crippen molar-refractivity contribution >= 4 is 33.9 Å². The number of halogens is 1. The number of rotatable bonds is 7. The molecule has 0 unspecified atom stereocenters. The van der Waals surface area contributed by atoms with E-state index in [4.69, 9.17) is 9.47 Å². The van der Waals surface area contributed by atoms with Crippen LogP contribution in [0.25, 0.3) is 0 Å². The van der Waals surface area contributed by atoms with Crippen LogP contribution >= 0.6 is 15.9 Å². The van der Waals surface area contributed by atoms with E-state index in [1.165, 1.54) is 0 Å². The Morgan fingerprint density at radius 1 is 1.07 bits per heavy atom. The smallest absolute Gasteiger partial charge is 0.408 e. The average molecular weight is 485 g/mol. The zero-order valence-electron chi connectivity index (χ0n) is 18.8. The van der Waals surface area contributed by atoms with Crippen LogP contribution in [0.2, 0.25) is 0 Å². The van der Waals surface area contributed by atoms with Crippen LogP contribution in [0.15, 0.2) is 22.7 Å². The fraction of sp³-hybridized carbons (Fsp3) is 0.591. The third kappa shape index (κ3) is 9.61. The first kappa shape index (κ1) is 25.9. The Balaban J connectivity index is 2.99. The van der Waals surface area contributed by atoms with Crippen LogP contribution in [0.3, 0.4) is 0 Å². The van der Waals surface area contributed by atoms with Crippen molar-refractivity contribution in [3.63, 3.8) is 0 Å². The predicted molar refractivity (Wildman–Crippen MR) is 119 cm³/mol. The SMILES string of the molecule is CCOC(=O)C[C@H](NC(=O)CNC(=O)OC(C)(C)C)c1cc(Br)cc(C(C)(C)C)c1. The zero-order valence-corrected chi connectivity index (χ0v) is 20.4. The summed E-state index contributed by atoms with van der Waals surface area (Å²) in [5.41, 5.74) is 1.05. The molecule has 2 amide bonds. The first-order valence-corrected chi connectivity index (χ1v) is 10.7. The number of amides is 2. The molecule has 0 saturated heterocycles. The number of hydrogen-bond donors (Lipinski definition) is 2. The van der Waals surface area contributed by atoms with Gasteiger partial charge in [-0.25, -0.2) is 4.79 Å². The Bertz CT molecular complexity index is 766. The molecule has 0 saturated carbocycles. The van der Waals surface area contributed by atoms with Crippen molar-refractivity contribution in [3.8, 4) is 0 Å². The number of carbonyl (C=O) groups excluding carboxylic acids is 3. The standard InChI is InChI=1S/C22H33BrN2O5/c1-8-29-19(27)12-17(14-9-15(21(2,3)4)11-16(23)10-14)25-18(26)13-24-20(28)30-22(5,6)7/h9-11,17H,8,12-13H2,1-7H3,(H,24,28)(H,25,26)/t17-/m0/s1. The van der Waals surface area contributed by atoms with Gasteiger partial charge < -0.3 is 20.1 Å². The molecule has 0 aliphatic rings. The average Bonchev–Trinajstić information content (AvgIpc) is 2.57. The highest BCUT2D eigenvalue weighted by Gasteiger charge is 2.23. The van der Waals surface area contributed by atoms with E-state index >= 15 is 0 Å². The molecule has 30 heavy (non-hydrogen) atoms. The lowest BCUT2D eigenvalue weighted by Crippen LogP contribution is -2.41. The van der Waals surface area contributed by atoms with Gasteiger partial charge in [0.25, 0.3) is 0 Å². The van der Waals surface area contributed by atoms with Crippen LogP contribution in [-0.2, 0) is 24.5 Å². The van der Waals surface area contributed by atoms with Crippen molar-refractivity contribution in [3.05, 3.63) is 33.8 Å². The van der Waals surface area contributed by atoms with E-state index in [9.17, 15) is 14.4 Å². The molecule has 8 heteroatoms. The summed E-state index contributed by atoms with van der Waals surface area (Å²) < 4.78 is 11.0. The molecular weight excluding hydrogens is 452 g/mol. The third-order valence-corrected chi connectivity index (χ3v) is 4.45. The van der Waals surface area contributed by atoms with Gasteiger partial charge in [-0.05, 0) is 56.4 Å². The largest absolute Gasteiger partial charge is 0.466 e. The molecule has 0 aromatic heterocycles. The number of ether oxygens (including phenoxy) is 2. The number of carbonyl (C=O) groups is 3. The van der Waals surface area contributed by atoms with Gasteiger partial charge in [0.05, 0.1) is 19.1 Å². The molecule has 1 aromatic carbocycles. The zero-order chi connectivity index (χ0) is 23.1. The van der Waals surface area contributed by atoms with Crippen LogP contribution in [0.5, 0.6) is 0 Å². The van der Waals surface area contributed by atoms with Gasteiger partial charge in [-0.15, -0.1) is 0 Å². The summed E-state index contributed by atoms with van der Waals surface area (Å²) in [6.45, 7) is 13.2. The summed E-state index contributed by atoms with van der Waals surface area (Å²) in [4.78, 5) is 36.4. The molecule has 0 fully saturated rings. The van der Waals surface area contributed by atoms with E-state index in [1.807, 2.05) is 18.2 Å². The summed E-state index contributed by atoms with van der Waals surface area (Å²) in [5, 5.41) is 5.24. The lowest BCUT2D eigenvalue weighted by atomic mass is 9.85. The first-order valence-electron chi connectivity index (χ1n) is 9.94. The van der Waals surface area contributed by atoms with E-state index in [1.54, 1.807) is 27.7 Å². The maximum atomic E-state index is 12.5. The van der Waals surface area contributed by atoms with Crippen LogP contribution in [0.4, 0.5) is 4.79 Å². The fourth-order valence-corrected chi connectivity index (χ4v) is 3.11. The monoisotopic (exact) mass is 484 g/mol. The second-order valence-electron chi connectivity index (χ2n) is 9.01. The van der Waals surface area contributed by atoms with Crippen molar-refractivity contribution < 1.29 is 23.9 Å². The van der Waals surface area contributed by atoms with E-state index in [0.717, 1.165) is 15.6 Å². The summed E-state index contributed by atoms with van der Waals surface area (Å²) in [7, 11) is 0. The number of nitrogens with one attached hydrogen (secondary N) is 2. The number of esters is 1. The lowest BCUT2D eigenvalue weighted by Gasteiger charge is -2.24. The maximum Gasteiger partial charge on any atom is 0.408 e. The highest BCUT2D eigenvalue weighted by atomic mass is 79.9. The van der Waals surface area contributed by atoms with Gasteiger partial charge in [0.1, 0.15) is 12.1 Å². The van der Waals surface area contributed by atoms with Crippen molar-refractivity contribution in [2.75, 3.05) is 13.2 Å². The second kappa shape index (κ2) is 10.8. The Kier molecular flexibility index (Phi) is 9.34. The van der Waals surface area contributed by atoms with Crippen molar-refractivity contribution in [1.29, 1.82) is 0 Å². The highest BCUT2D eigenvalue weighted by Crippen LogP contribution is 2.30. The second-order valence-corrected chi connectivity index (χ2v) is 9.92. The van der Waals surface area contributed by atoms with Crippen molar-refractivity contribution in [2.45, 2.75) is 71.9 Å². The molecule has 1 atom stereocenters. The number of alkyl carbamates (subject to hydrolysis) is 1. The van der Waals surface area contributed by atoms with E-state index in [0.29, 0.717) is 0 Å². The summed E-state index contributed by atoms with van der Waals surface area (Å²) in [5.74, 6) is -0.854. The third-order valence-electron chi connectivity index (χ3n) is 3.99. The van der Waals surface area contributed by atoms with Gasteiger partial charge in [-0.2, -0.15) is 0 Å². The Hall–Kier alpha value is -2.09. The first-order chi connectivity index (χ1) is 13.7. The van der Waals surface area contributed by atoms with E-state index in [2.05, 4.69) is 47.3 Å². The molecular formula is C22H33BrN2O5. The quantitative estimate of drug-likeness (QED) is 0.559. The van der Waals surface area contributed by atoms with Gasteiger partial charge in [0.2, 0.25) is 5.91 Å². The molecule has 168 valence electrons. The normalized spacial score (nSPS) is 12.7. The Labute approximate surface area is 187 Å². The van der Waals surface area contributed by atoms with Crippen LogP contribution in [0, 0.1) is 0 Å². The molecule has 0 radical (unpaired) electrons. The predicted octanol–water partition coefficient (Wildman–Crippen LogP) is 4.38. The van der Waals surface area contributed by atoms with Crippen molar-refractivity contribution in [1.82, 2.24) is 10.6 Å². The van der Waals surface area contributed by atoms with Crippen LogP contribution < -0.4 is 10.6 Å². The summed E-state index contributed by atoms with van der Waals surface area (Å²) in [6.07, 6.45) is -0.705. The van der Waals surface area contributed by atoms with E-state index < -0.39 is 29.6 Å². The minimum Gasteiger partial charge on any atom is -0.466 e. The fourth-order valence-electron chi connectivity index (χ4n) is 2.60. The number of hydrogen-bond acceptors (Lipinski definition) is 5. The van der Waals surface area contributed by atoms with Gasteiger partial charge >= 0.3 is 12.1 Å². The van der Waals surface area contributed by atoms with Gasteiger partial charge in [0.15, 0.2) is 0 Å². The molecule has 0 aliphatic heterocycles. The van der Waals surface area contributed by atoms with Crippen LogP contribution in [-0.4, -0.2) is 36.7 Å². The van der Waals surface area contributed by atoms with Crippen molar-refractivity contribution in [2.24, 2.45) is 0 Å². The summed E-state index contributed by atoms with van der Waals surface area (Å²) in [6, 6.07) is 5.24. The Morgan fingerprint density at radius 3 is 2.23 bits per heavy atom. The lowest BCUT2D eigenvalue weighted by molar-refractivity contribution is -0.143. The minimum absolute atomic E-state index is 0.0218. The minimum atomic E-state index is -0.683. The highest BCUT2D eigenvalue weighted by molar-refractivity contribution is 9.10. The Morgan fingerprint density at radius 2 is 1.70 bits per heavy atom. The van der Waals surface area contributed by atoms with Gasteiger partial charge in [-0.3, -0.25) is 9.59 Å². The summed E-state index contributed by atoms with van der Waals surface area (Å²) >= 11 is 3.51. The molecule has 0 heterocycles. The van der Waals surface area contributed by atoms with Gasteiger partial charge in [-0.1, -0.05) is 42.8 Å². The van der Waals surface area contributed by atoms with Gasteiger partial charge in [0, 0.05) is 4.47 Å². The molecule has 0 spiro atoms. The molecule has 1 aromatic rings. The topological polar surface area (TPSA) is 93.7 Å². The maximum absolute atomic E-state index is 12.5. The molecule has 0 bridgehead atoms. The molecule has 0 aliphatic carbocycles.